The van der Waals surface area contributed by atoms with Crippen LogP contribution in [0.5, 0.6) is 0 Å². The number of piperidine rings is 1. The van der Waals surface area contributed by atoms with Gasteiger partial charge in [-0.05, 0) is 39.9 Å². The van der Waals surface area contributed by atoms with Crippen LogP contribution in [0.1, 0.15) is 33.6 Å². The molecule has 0 spiro atoms. The number of rotatable bonds is 2. The number of thioether (sulfide) groups is 1. The second-order valence-electron chi connectivity index (χ2n) is 5.65. The number of nitrogens with zero attached hydrogens (tertiary/aromatic N) is 2. The molecule has 0 aromatic carbocycles. The average Bonchev–Trinajstić information content (AvgIpc) is 2.35. The Balaban J connectivity index is 2.64. The lowest BCUT2D eigenvalue weighted by Crippen LogP contribution is -2.52. The predicted molar refractivity (Wildman–Crippen MR) is 76.7 cm³/mol. The van der Waals surface area contributed by atoms with Gasteiger partial charge in [-0.1, -0.05) is 5.16 Å². The molecule has 0 aliphatic carbocycles. The normalized spacial score (nSPS) is 20.2. The summed E-state index contributed by atoms with van der Waals surface area (Å²) < 4.78 is 4.95. The van der Waals surface area contributed by atoms with E-state index in [0.717, 1.165) is 0 Å². The number of nitrogens with two attached hydrogens (primary N) is 1. The van der Waals surface area contributed by atoms with Gasteiger partial charge in [0, 0.05) is 13.1 Å². The van der Waals surface area contributed by atoms with Gasteiger partial charge >= 0.3 is 6.09 Å². The van der Waals surface area contributed by atoms with Gasteiger partial charge in [-0.25, -0.2) is 4.79 Å². The van der Waals surface area contributed by atoms with Crippen LogP contribution in [0.2, 0.25) is 0 Å². The van der Waals surface area contributed by atoms with E-state index in [0.29, 0.717) is 25.9 Å². The number of carbonyl (C=O) groups is 1. The van der Waals surface area contributed by atoms with Gasteiger partial charge in [-0.3, -0.25) is 0 Å². The van der Waals surface area contributed by atoms with Crippen LogP contribution >= 0.6 is 11.8 Å². The highest BCUT2D eigenvalue weighted by molar-refractivity contribution is 8.00. The fourth-order valence-electron chi connectivity index (χ4n) is 2.03. The molecule has 1 amide bonds. The molecule has 3 N–H and O–H groups in total. The Morgan fingerprint density at radius 3 is 2.32 bits per heavy atom. The lowest BCUT2D eigenvalue weighted by molar-refractivity contribution is 0.0210. The number of hydrogen-bond donors (Lipinski definition) is 2. The van der Waals surface area contributed by atoms with Crippen LogP contribution in [0.15, 0.2) is 5.16 Å². The van der Waals surface area contributed by atoms with Gasteiger partial charge in [-0.2, -0.15) is 11.8 Å². The summed E-state index contributed by atoms with van der Waals surface area (Å²) in [6, 6.07) is 0. The molecule has 0 radical (unpaired) electrons. The van der Waals surface area contributed by atoms with Crippen LogP contribution in [-0.4, -0.2) is 51.7 Å². The summed E-state index contributed by atoms with van der Waals surface area (Å²) in [4.78, 5) is 13.6. The number of oxime groups is 1. The minimum absolute atomic E-state index is 0.226. The summed E-state index contributed by atoms with van der Waals surface area (Å²) in [5.74, 6) is 0.226. The highest BCUT2D eigenvalue weighted by atomic mass is 32.2. The van der Waals surface area contributed by atoms with Crippen molar-refractivity contribution < 1.29 is 14.7 Å². The summed E-state index contributed by atoms with van der Waals surface area (Å²) >= 11 is 1.56. The van der Waals surface area contributed by atoms with Crippen molar-refractivity contribution in [3.8, 4) is 0 Å². The maximum atomic E-state index is 11.9. The van der Waals surface area contributed by atoms with Gasteiger partial charge in [0.2, 0.25) is 0 Å². The Bertz CT molecular complexity index is 358. The van der Waals surface area contributed by atoms with E-state index in [2.05, 4.69) is 5.16 Å². The van der Waals surface area contributed by atoms with E-state index >= 15 is 0 Å². The lowest BCUT2D eigenvalue weighted by atomic mass is 9.94. The van der Waals surface area contributed by atoms with Gasteiger partial charge in [0.05, 0.1) is 4.75 Å². The lowest BCUT2D eigenvalue weighted by Gasteiger charge is -2.39. The molecule has 0 atom stereocenters. The number of hydrogen-bond acceptors (Lipinski definition) is 5. The maximum absolute atomic E-state index is 11.9. The summed E-state index contributed by atoms with van der Waals surface area (Å²) in [5, 5.41) is 12.0. The molecule has 1 aliphatic heterocycles. The molecule has 6 nitrogen and oxygen atoms in total. The third-order valence-electron chi connectivity index (χ3n) is 3.19. The molecule has 1 saturated heterocycles. The summed E-state index contributed by atoms with van der Waals surface area (Å²) in [6.45, 7) is 6.63. The Labute approximate surface area is 118 Å². The van der Waals surface area contributed by atoms with Crippen molar-refractivity contribution in [3.63, 3.8) is 0 Å². The van der Waals surface area contributed by atoms with E-state index in [9.17, 15) is 4.79 Å². The van der Waals surface area contributed by atoms with Crippen molar-refractivity contribution in [2.75, 3.05) is 19.3 Å². The van der Waals surface area contributed by atoms with E-state index < -0.39 is 5.60 Å². The Hall–Kier alpha value is -1.11. The minimum Gasteiger partial charge on any atom is -0.444 e. The van der Waals surface area contributed by atoms with Crippen LogP contribution < -0.4 is 5.73 Å². The van der Waals surface area contributed by atoms with E-state index in [1.807, 2.05) is 27.0 Å². The molecule has 1 rings (SSSR count). The molecule has 0 aromatic rings. The largest absolute Gasteiger partial charge is 0.444 e. The first-order valence-electron chi connectivity index (χ1n) is 6.25. The second-order valence-corrected chi connectivity index (χ2v) is 6.84. The molecule has 0 aromatic heterocycles. The van der Waals surface area contributed by atoms with Gasteiger partial charge in [0.25, 0.3) is 0 Å². The molecule has 1 heterocycles. The Morgan fingerprint density at radius 1 is 1.42 bits per heavy atom. The van der Waals surface area contributed by atoms with Gasteiger partial charge in [0.1, 0.15) is 5.60 Å². The molecule has 0 bridgehead atoms. The molecule has 0 saturated carbocycles. The van der Waals surface area contributed by atoms with Crippen molar-refractivity contribution in [3.05, 3.63) is 0 Å². The molecule has 110 valence electrons. The summed E-state index contributed by atoms with van der Waals surface area (Å²) in [7, 11) is 0. The zero-order valence-corrected chi connectivity index (χ0v) is 12.8. The first kappa shape index (κ1) is 15.9. The fraction of sp³-hybridized carbons (Fsp3) is 0.833. The Kier molecular flexibility index (Phi) is 4.95. The van der Waals surface area contributed by atoms with Crippen LogP contribution in [0.3, 0.4) is 0 Å². The minimum atomic E-state index is -0.489. The fourth-order valence-corrected chi connectivity index (χ4v) is 2.87. The second kappa shape index (κ2) is 5.90. The molecule has 1 fully saturated rings. The van der Waals surface area contributed by atoms with E-state index in [1.165, 1.54) is 0 Å². The number of amides is 1. The van der Waals surface area contributed by atoms with Crippen LogP contribution in [0.25, 0.3) is 0 Å². The van der Waals surface area contributed by atoms with E-state index in [-0.39, 0.29) is 16.7 Å². The summed E-state index contributed by atoms with van der Waals surface area (Å²) in [6.07, 6.45) is 2.94. The maximum Gasteiger partial charge on any atom is 0.410 e. The molecular formula is C12H23N3O3S. The van der Waals surface area contributed by atoms with Gasteiger partial charge in [0.15, 0.2) is 5.84 Å². The van der Waals surface area contributed by atoms with Crippen LogP contribution in [-0.2, 0) is 4.74 Å². The van der Waals surface area contributed by atoms with Crippen LogP contribution in [0, 0.1) is 0 Å². The SMILES string of the molecule is CSC1(C(N)=NO)CCN(C(=O)OC(C)(C)C)CC1. The third kappa shape index (κ3) is 3.92. The third-order valence-corrected chi connectivity index (χ3v) is 4.59. The quantitative estimate of drug-likeness (QED) is 0.350. The van der Waals surface area contributed by atoms with Crippen LogP contribution in [0.4, 0.5) is 4.79 Å². The molecular weight excluding hydrogens is 266 g/mol. The Morgan fingerprint density at radius 2 is 1.95 bits per heavy atom. The molecule has 0 unspecified atom stereocenters. The topological polar surface area (TPSA) is 88.2 Å². The molecule has 7 heteroatoms. The monoisotopic (exact) mass is 289 g/mol. The standard InChI is InChI=1S/C12H23N3O3S/c1-11(2,3)18-10(16)15-7-5-12(19-4,6-8-15)9(13)14-17/h17H,5-8H2,1-4H3,(H2,13,14). The molecule has 19 heavy (non-hydrogen) atoms. The highest BCUT2D eigenvalue weighted by Crippen LogP contribution is 2.35. The van der Waals surface area contributed by atoms with Gasteiger partial charge < -0.3 is 20.6 Å². The number of likely N-dealkylation sites (tertiary alicyclic amines) is 1. The first-order valence-corrected chi connectivity index (χ1v) is 7.47. The van der Waals surface area contributed by atoms with E-state index in [1.54, 1.807) is 16.7 Å². The van der Waals surface area contributed by atoms with E-state index in [4.69, 9.17) is 15.7 Å². The predicted octanol–water partition coefficient (Wildman–Crippen LogP) is 1.87. The van der Waals surface area contributed by atoms with Crippen molar-refractivity contribution in [1.82, 2.24) is 4.90 Å². The zero-order valence-electron chi connectivity index (χ0n) is 12.0. The number of amidine groups is 1. The summed E-state index contributed by atoms with van der Waals surface area (Å²) in [5.41, 5.74) is 5.27. The van der Waals surface area contributed by atoms with Crippen molar-refractivity contribution in [1.29, 1.82) is 0 Å². The number of carbonyl (C=O) groups excluding carboxylic acids is 1. The smallest absolute Gasteiger partial charge is 0.410 e. The zero-order chi connectivity index (χ0) is 14.7. The first-order chi connectivity index (χ1) is 8.74. The number of ether oxygens (including phenoxy) is 1. The average molecular weight is 289 g/mol. The highest BCUT2D eigenvalue weighted by Gasteiger charge is 2.40. The van der Waals surface area contributed by atoms with Crippen molar-refractivity contribution in [2.24, 2.45) is 10.9 Å². The van der Waals surface area contributed by atoms with Gasteiger partial charge in [-0.15, -0.1) is 0 Å². The van der Waals surface area contributed by atoms with Crippen molar-refractivity contribution in [2.45, 2.75) is 44.0 Å². The molecule has 1 aliphatic rings. The van der Waals surface area contributed by atoms with Crippen molar-refractivity contribution >= 4 is 23.7 Å².